The molecule has 1 aliphatic heterocycles. The smallest absolute Gasteiger partial charge is 0.341 e. The van der Waals surface area contributed by atoms with E-state index < -0.39 is 0 Å². The molecule has 8 heteroatoms. The lowest BCUT2D eigenvalue weighted by molar-refractivity contribution is 0.0525. The number of halogens is 1. The van der Waals surface area contributed by atoms with Crippen LogP contribution >= 0.6 is 11.6 Å². The summed E-state index contributed by atoms with van der Waals surface area (Å²) >= 11 is 6.19. The Bertz CT molecular complexity index is 1040. The van der Waals surface area contributed by atoms with E-state index in [1.165, 1.54) is 16.5 Å². The normalized spacial score (nSPS) is 14.9. The molecule has 1 saturated heterocycles. The molecule has 3 aromatic rings. The van der Waals surface area contributed by atoms with Crippen LogP contribution in [0.4, 0.5) is 5.95 Å². The van der Waals surface area contributed by atoms with Crippen molar-refractivity contribution in [2.24, 2.45) is 13.0 Å². The fraction of sp³-hybridized carbons (Fsp3) is 0.435. The fourth-order valence-electron chi connectivity index (χ4n) is 4.14. The lowest BCUT2D eigenvalue weighted by Gasteiger charge is -2.32. The van der Waals surface area contributed by atoms with Gasteiger partial charge in [-0.25, -0.2) is 14.8 Å². The van der Waals surface area contributed by atoms with Gasteiger partial charge in [-0.05, 0) is 56.0 Å². The van der Waals surface area contributed by atoms with Crippen LogP contribution in [0.3, 0.4) is 0 Å². The molecule has 2 aromatic heterocycles. The maximum absolute atomic E-state index is 11.7. The number of nitrogens with zero attached hydrogens (tertiary/aromatic N) is 4. The summed E-state index contributed by atoms with van der Waals surface area (Å²) in [6.07, 6.45) is 7.43. The predicted molar refractivity (Wildman–Crippen MR) is 123 cm³/mol. The average molecular weight is 442 g/mol. The number of nitrogens with one attached hydrogen (secondary N) is 1. The number of esters is 1. The third-order valence-corrected chi connectivity index (χ3v) is 6.06. The van der Waals surface area contributed by atoms with Gasteiger partial charge in [-0.2, -0.15) is 0 Å². The van der Waals surface area contributed by atoms with Crippen molar-refractivity contribution in [3.63, 3.8) is 0 Å². The first-order valence-corrected chi connectivity index (χ1v) is 11.1. The number of carbonyl (C=O) groups is 1. The van der Waals surface area contributed by atoms with Crippen molar-refractivity contribution in [1.82, 2.24) is 19.9 Å². The largest absolute Gasteiger partial charge is 0.462 e. The van der Waals surface area contributed by atoms with Gasteiger partial charge in [-0.15, -0.1) is 0 Å². The molecule has 0 saturated carbocycles. The highest BCUT2D eigenvalue weighted by Gasteiger charge is 2.21. The second kappa shape index (κ2) is 9.66. The molecule has 0 radical (unpaired) electrons. The lowest BCUT2D eigenvalue weighted by Crippen LogP contribution is -2.38. The Hall–Kier alpha value is -2.64. The maximum Gasteiger partial charge on any atom is 0.341 e. The van der Waals surface area contributed by atoms with Gasteiger partial charge in [0, 0.05) is 61.2 Å². The predicted octanol–water partition coefficient (Wildman–Crippen LogP) is 3.80. The molecule has 0 spiro atoms. The molecule has 7 nitrogen and oxygen atoms in total. The molecule has 0 atom stereocenters. The number of benzene rings is 1. The molecule has 1 fully saturated rings. The zero-order valence-corrected chi connectivity index (χ0v) is 18.7. The molecule has 0 bridgehead atoms. The highest BCUT2D eigenvalue weighted by Crippen LogP contribution is 2.25. The van der Waals surface area contributed by atoms with E-state index in [1.807, 2.05) is 12.1 Å². The van der Waals surface area contributed by atoms with Crippen LogP contribution in [0.2, 0.25) is 5.02 Å². The van der Waals surface area contributed by atoms with E-state index in [-0.39, 0.29) is 5.97 Å². The fourth-order valence-corrected chi connectivity index (χ4v) is 4.31. The van der Waals surface area contributed by atoms with Crippen LogP contribution in [0.1, 0.15) is 35.7 Å². The summed E-state index contributed by atoms with van der Waals surface area (Å²) in [5, 5.41) is 5.60. The van der Waals surface area contributed by atoms with Crippen molar-refractivity contribution in [2.45, 2.75) is 26.3 Å². The summed E-state index contributed by atoms with van der Waals surface area (Å²) in [5.74, 6) is 0.910. The first-order chi connectivity index (χ1) is 15.0. The van der Waals surface area contributed by atoms with Crippen molar-refractivity contribution < 1.29 is 9.53 Å². The molecular formula is C23H28ClN5O2. The molecule has 3 heterocycles. The zero-order chi connectivity index (χ0) is 21.8. The number of carbonyl (C=O) groups excluding carboxylic acids is 1. The Morgan fingerprint density at radius 2 is 2.00 bits per heavy atom. The number of rotatable bonds is 7. The van der Waals surface area contributed by atoms with Gasteiger partial charge in [0.1, 0.15) is 0 Å². The van der Waals surface area contributed by atoms with Gasteiger partial charge in [0.15, 0.2) is 0 Å². The van der Waals surface area contributed by atoms with Crippen molar-refractivity contribution in [3.05, 3.63) is 52.9 Å². The topological polar surface area (TPSA) is 72.3 Å². The van der Waals surface area contributed by atoms with Crippen LogP contribution in [0, 0.1) is 5.92 Å². The molecule has 1 N–H and O–H groups in total. The summed E-state index contributed by atoms with van der Waals surface area (Å²) < 4.78 is 7.13. The Morgan fingerprint density at radius 3 is 2.71 bits per heavy atom. The summed E-state index contributed by atoms with van der Waals surface area (Å²) in [7, 11) is 2.07. The molecule has 0 amide bonds. The van der Waals surface area contributed by atoms with Crippen LogP contribution in [0.15, 0.2) is 36.8 Å². The third-order valence-electron chi connectivity index (χ3n) is 5.83. The summed E-state index contributed by atoms with van der Waals surface area (Å²) in [4.78, 5) is 22.6. The highest BCUT2D eigenvalue weighted by molar-refractivity contribution is 6.31. The Balaban J connectivity index is 1.26. The Kier molecular flexibility index (Phi) is 6.73. The molecular weight excluding hydrogens is 414 g/mol. The monoisotopic (exact) mass is 441 g/mol. The standard InChI is InChI=1S/C23H28ClN5O2/c1-3-31-22(30)17-13-26-23(27-14-17)29-8-6-16(7-9-29)11-25-12-18-15-28(2)21-5-4-19(24)10-20(18)21/h4-5,10,13-16,25H,3,6-9,11-12H2,1-2H3. The lowest BCUT2D eigenvalue weighted by atomic mass is 9.97. The van der Waals surface area contributed by atoms with Crippen molar-refractivity contribution in [3.8, 4) is 0 Å². The summed E-state index contributed by atoms with van der Waals surface area (Å²) in [5.41, 5.74) is 2.86. The molecule has 4 rings (SSSR count). The SMILES string of the molecule is CCOC(=O)c1cnc(N2CCC(CNCc3cn(C)c4ccc(Cl)cc34)CC2)nc1. The maximum atomic E-state index is 11.7. The van der Waals surface area contributed by atoms with Crippen LogP contribution in [0.5, 0.6) is 0 Å². The van der Waals surface area contributed by atoms with Crippen molar-refractivity contribution in [2.75, 3.05) is 31.1 Å². The van der Waals surface area contributed by atoms with E-state index in [1.54, 1.807) is 19.3 Å². The number of hydrogen-bond acceptors (Lipinski definition) is 6. The Morgan fingerprint density at radius 1 is 1.26 bits per heavy atom. The summed E-state index contributed by atoms with van der Waals surface area (Å²) in [6, 6.07) is 6.04. The van der Waals surface area contributed by atoms with Gasteiger partial charge < -0.3 is 19.5 Å². The third kappa shape index (κ3) is 4.99. The molecule has 1 aliphatic rings. The van der Waals surface area contributed by atoms with Crippen molar-refractivity contribution >= 4 is 34.4 Å². The zero-order valence-electron chi connectivity index (χ0n) is 18.0. The van der Waals surface area contributed by atoms with E-state index in [9.17, 15) is 4.79 Å². The first-order valence-electron chi connectivity index (χ1n) is 10.7. The van der Waals surface area contributed by atoms with E-state index in [4.69, 9.17) is 16.3 Å². The van der Waals surface area contributed by atoms with Gasteiger partial charge in [-0.1, -0.05) is 11.6 Å². The second-order valence-corrected chi connectivity index (χ2v) is 8.42. The first kappa shape index (κ1) is 21.6. The van der Waals surface area contributed by atoms with E-state index in [0.717, 1.165) is 44.0 Å². The number of aromatic nitrogens is 3. The number of ether oxygens (including phenoxy) is 1. The van der Waals surface area contributed by atoms with Gasteiger partial charge in [0.05, 0.1) is 12.2 Å². The number of piperidine rings is 1. The summed E-state index contributed by atoms with van der Waals surface area (Å²) in [6.45, 7) is 5.76. The molecule has 164 valence electrons. The molecule has 0 aliphatic carbocycles. The van der Waals surface area contributed by atoms with Crippen LogP contribution in [-0.4, -0.2) is 46.7 Å². The average Bonchev–Trinajstić information content (AvgIpc) is 3.09. The van der Waals surface area contributed by atoms with Crippen LogP contribution in [-0.2, 0) is 18.3 Å². The van der Waals surface area contributed by atoms with E-state index in [0.29, 0.717) is 24.0 Å². The number of anilines is 1. The number of fused-ring (bicyclic) bond motifs is 1. The van der Waals surface area contributed by atoms with Crippen LogP contribution < -0.4 is 10.2 Å². The van der Waals surface area contributed by atoms with Gasteiger partial charge in [0.2, 0.25) is 5.95 Å². The molecule has 1 aromatic carbocycles. The Labute approximate surface area is 187 Å². The number of aryl methyl sites for hydroxylation is 1. The van der Waals surface area contributed by atoms with Crippen molar-refractivity contribution in [1.29, 1.82) is 0 Å². The minimum atomic E-state index is -0.382. The van der Waals surface area contributed by atoms with Gasteiger partial charge >= 0.3 is 5.97 Å². The second-order valence-electron chi connectivity index (χ2n) is 7.98. The van der Waals surface area contributed by atoms with Gasteiger partial charge in [0.25, 0.3) is 0 Å². The number of hydrogen-bond donors (Lipinski definition) is 1. The molecule has 31 heavy (non-hydrogen) atoms. The van der Waals surface area contributed by atoms with E-state index >= 15 is 0 Å². The quantitative estimate of drug-likeness (QED) is 0.562. The van der Waals surface area contributed by atoms with E-state index in [2.05, 4.69) is 44.1 Å². The molecule has 0 unspecified atom stereocenters. The minimum absolute atomic E-state index is 0.344. The van der Waals surface area contributed by atoms with Gasteiger partial charge in [-0.3, -0.25) is 0 Å². The highest BCUT2D eigenvalue weighted by atomic mass is 35.5. The van der Waals surface area contributed by atoms with Crippen LogP contribution in [0.25, 0.3) is 10.9 Å². The minimum Gasteiger partial charge on any atom is -0.462 e.